The van der Waals surface area contributed by atoms with Crippen LogP contribution in [0, 0.1) is 0 Å². The van der Waals surface area contributed by atoms with E-state index in [0.29, 0.717) is 10.0 Å². The van der Waals surface area contributed by atoms with E-state index < -0.39 is 0 Å². The first-order valence-electron chi connectivity index (χ1n) is 11.2. The highest BCUT2D eigenvalue weighted by atomic mass is 35.5. The molecule has 4 aromatic rings. The van der Waals surface area contributed by atoms with Gasteiger partial charge in [0.15, 0.2) is 0 Å². The predicted molar refractivity (Wildman–Crippen MR) is 137 cm³/mol. The summed E-state index contributed by atoms with van der Waals surface area (Å²) in [5.74, 6) is 0. The zero-order valence-electron chi connectivity index (χ0n) is 18.1. The summed E-state index contributed by atoms with van der Waals surface area (Å²) in [6, 6.07) is 16.0. The molecule has 2 aromatic carbocycles. The molecule has 0 aliphatic heterocycles. The molecule has 4 rings (SSSR count). The predicted octanol–water partition coefficient (Wildman–Crippen LogP) is 7.53. The van der Waals surface area contributed by atoms with Crippen LogP contribution in [0.15, 0.2) is 60.9 Å². The van der Waals surface area contributed by atoms with Crippen LogP contribution in [0.1, 0.15) is 38.5 Å². The van der Waals surface area contributed by atoms with Gasteiger partial charge in [-0.05, 0) is 67.9 Å². The molecule has 0 saturated heterocycles. The maximum Gasteiger partial charge on any atom is 0.0737 e. The van der Waals surface area contributed by atoms with E-state index in [4.69, 9.17) is 28.9 Å². The number of anilines is 2. The first-order valence-corrected chi connectivity index (χ1v) is 12.0. The minimum atomic E-state index is 0.690. The van der Waals surface area contributed by atoms with E-state index in [2.05, 4.69) is 39.1 Å². The number of benzene rings is 2. The van der Waals surface area contributed by atoms with Crippen LogP contribution in [-0.4, -0.2) is 23.1 Å². The van der Waals surface area contributed by atoms with Crippen LogP contribution >= 0.6 is 23.2 Å². The van der Waals surface area contributed by atoms with Crippen LogP contribution in [-0.2, 0) is 0 Å². The van der Waals surface area contributed by atoms with Crippen molar-refractivity contribution in [2.24, 2.45) is 5.73 Å². The Morgan fingerprint density at radius 3 is 1.69 bits per heavy atom. The Hall–Kier alpha value is -2.40. The maximum atomic E-state index is 6.23. The summed E-state index contributed by atoms with van der Waals surface area (Å²) in [6.45, 7) is 1.69. The third-order valence-electron chi connectivity index (χ3n) is 5.78. The largest absolute Gasteiger partial charge is 0.340 e. The number of rotatable bonds is 10. The Labute approximate surface area is 199 Å². The monoisotopic (exact) mass is 466 g/mol. The molecule has 32 heavy (non-hydrogen) atoms. The molecule has 0 fully saturated rings. The molecule has 166 valence electrons. The van der Waals surface area contributed by atoms with Gasteiger partial charge >= 0.3 is 0 Å². The van der Waals surface area contributed by atoms with Gasteiger partial charge in [-0.15, -0.1) is 0 Å². The van der Waals surface area contributed by atoms with E-state index >= 15 is 0 Å². The van der Waals surface area contributed by atoms with Crippen molar-refractivity contribution in [1.29, 1.82) is 0 Å². The van der Waals surface area contributed by atoms with Crippen molar-refractivity contribution in [2.75, 3.05) is 18.0 Å². The molecule has 0 aliphatic rings. The van der Waals surface area contributed by atoms with Gasteiger partial charge in [0.2, 0.25) is 0 Å². The third kappa shape index (κ3) is 5.32. The van der Waals surface area contributed by atoms with Gasteiger partial charge < -0.3 is 10.6 Å². The summed E-state index contributed by atoms with van der Waals surface area (Å²) in [5, 5.41) is 3.54. The standard InChI is InChI=1S/C26H28Cl2N4/c27-19-7-9-21-23(17-19)30-14-11-25(21)32(16-6-4-2-1-3-5-13-29)26-12-15-31-24-18-20(28)8-10-22(24)26/h7-12,14-15,17-18H,1-6,13,16,29H2. The molecule has 4 nitrogen and oxygen atoms in total. The lowest BCUT2D eigenvalue weighted by Crippen LogP contribution is -2.19. The molecule has 2 N–H and O–H groups in total. The Bertz CT molecular complexity index is 1110. The van der Waals surface area contributed by atoms with Crippen LogP contribution in [0.3, 0.4) is 0 Å². The number of pyridine rings is 2. The van der Waals surface area contributed by atoms with Crippen molar-refractivity contribution in [1.82, 2.24) is 9.97 Å². The number of fused-ring (bicyclic) bond motifs is 2. The van der Waals surface area contributed by atoms with E-state index in [1.165, 1.54) is 25.7 Å². The van der Waals surface area contributed by atoms with Crippen molar-refractivity contribution in [2.45, 2.75) is 38.5 Å². The van der Waals surface area contributed by atoms with Crippen LogP contribution in [0.5, 0.6) is 0 Å². The Morgan fingerprint density at radius 1 is 0.656 bits per heavy atom. The summed E-state index contributed by atoms with van der Waals surface area (Å²) in [5.41, 5.74) is 9.64. The number of hydrogen-bond donors (Lipinski definition) is 1. The summed E-state index contributed by atoms with van der Waals surface area (Å²) in [7, 11) is 0. The highest BCUT2D eigenvalue weighted by Gasteiger charge is 2.16. The fraction of sp³-hybridized carbons (Fsp3) is 0.308. The molecule has 0 spiro atoms. The molecule has 2 aromatic heterocycles. The number of unbranched alkanes of at least 4 members (excludes halogenated alkanes) is 5. The van der Waals surface area contributed by atoms with Crippen molar-refractivity contribution < 1.29 is 0 Å². The third-order valence-corrected chi connectivity index (χ3v) is 6.25. The van der Waals surface area contributed by atoms with Gasteiger partial charge in [-0.3, -0.25) is 9.97 Å². The smallest absolute Gasteiger partial charge is 0.0737 e. The maximum absolute atomic E-state index is 6.23. The highest BCUT2D eigenvalue weighted by Crippen LogP contribution is 2.36. The number of hydrogen-bond acceptors (Lipinski definition) is 4. The van der Waals surface area contributed by atoms with Gasteiger partial charge in [0.05, 0.1) is 22.4 Å². The molecular weight excluding hydrogens is 439 g/mol. The fourth-order valence-electron chi connectivity index (χ4n) is 4.18. The van der Waals surface area contributed by atoms with Crippen LogP contribution < -0.4 is 10.6 Å². The Kier molecular flexibility index (Phi) is 7.80. The molecule has 0 saturated carbocycles. The minimum Gasteiger partial charge on any atom is -0.340 e. The topological polar surface area (TPSA) is 55.0 Å². The van der Waals surface area contributed by atoms with Crippen LogP contribution in [0.4, 0.5) is 11.4 Å². The number of halogens is 2. The quantitative estimate of drug-likeness (QED) is 0.245. The van der Waals surface area contributed by atoms with Gasteiger partial charge in [-0.1, -0.05) is 48.9 Å². The molecule has 0 aliphatic carbocycles. The number of nitrogens with zero attached hydrogens (tertiary/aromatic N) is 3. The summed E-state index contributed by atoms with van der Waals surface area (Å²) >= 11 is 12.5. The summed E-state index contributed by atoms with van der Waals surface area (Å²) in [6.07, 6.45) is 10.8. The molecule has 0 radical (unpaired) electrons. The fourth-order valence-corrected chi connectivity index (χ4v) is 4.51. The van der Waals surface area contributed by atoms with Gasteiger partial charge in [0.25, 0.3) is 0 Å². The molecule has 2 heterocycles. The molecule has 0 unspecified atom stereocenters. The number of nitrogens with two attached hydrogens (primary N) is 1. The average Bonchev–Trinajstić information content (AvgIpc) is 2.80. The van der Waals surface area contributed by atoms with E-state index in [0.717, 1.165) is 59.1 Å². The first-order chi connectivity index (χ1) is 15.7. The second kappa shape index (κ2) is 11.0. The minimum absolute atomic E-state index is 0.690. The Balaban J connectivity index is 1.69. The van der Waals surface area contributed by atoms with E-state index in [1.54, 1.807) is 0 Å². The van der Waals surface area contributed by atoms with Crippen molar-refractivity contribution in [3.05, 3.63) is 71.0 Å². The molecule has 6 heteroatoms. The first kappa shape index (κ1) is 22.8. The van der Waals surface area contributed by atoms with Crippen molar-refractivity contribution in [3.8, 4) is 0 Å². The lowest BCUT2D eigenvalue weighted by Gasteiger charge is -2.27. The van der Waals surface area contributed by atoms with Crippen molar-refractivity contribution >= 4 is 56.4 Å². The Morgan fingerprint density at radius 2 is 1.16 bits per heavy atom. The lowest BCUT2D eigenvalue weighted by atomic mass is 10.1. The second-order valence-corrected chi connectivity index (χ2v) is 8.92. The van der Waals surface area contributed by atoms with E-state index in [-0.39, 0.29) is 0 Å². The zero-order valence-corrected chi connectivity index (χ0v) is 19.6. The van der Waals surface area contributed by atoms with Crippen LogP contribution in [0.2, 0.25) is 10.0 Å². The normalized spacial score (nSPS) is 11.3. The molecular formula is C26H28Cl2N4. The van der Waals surface area contributed by atoms with Crippen LogP contribution in [0.25, 0.3) is 21.8 Å². The second-order valence-electron chi connectivity index (χ2n) is 8.04. The van der Waals surface area contributed by atoms with E-state index in [9.17, 15) is 0 Å². The summed E-state index contributed by atoms with van der Waals surface area (Å²) in [4.78, 5) is 11.5. The van der Waals surface area contributed by atoms with E-state index in [1.807, 2.05) is 36.7 Å². The van der Waals surface area contributed by atoms with Gasteiger partial charge in [-0.2, -0.15) is 0 Å². The van der Waals surface area contributed by atoms with Crippen molar-refractivity contribution in [3.63, 3.8) is 0 Å². The molecule has 0 bridgehead atoms. The molecule has 0 amide bonds. The summed E-state index contributed by atoms with van der Waals surface area (Å²) < 4.78 is 0. The zero-order chi connectivity index (χ0) is 22.3. The SMILES string of the molecule is NCCCCCCCCN(c1ccnc2cc(Cl)ccc12)c1ccnc2cc(Cl)ccc12. The van der Waals surface area contributed by atoms with Gasteiger partial charge in [-0.25, -0.2) is 0 Å². The molecule has 0 atom stereocenters. The number of aromatic nitrogens is 2. The highest BCUT2D eigenvalue weighted by molar-refractivity contribution is 6.31. The lowest BCUT2D eigenvalue weighted by molar-refractivity contribution is 0.599. The van der Waals surface area contributed by atoms with Gasteiger partial charge in [0.1, 0.15) is 0 Å². The van der Waals surface area contributed by atoms with Gasteiger partial charge in [0, 0.05) is 39.8 Å². The average molecular weight is 467 g/mol.